The Balaban J connectivity index is 1.86. The van der Waals surface area contributed by atoms with E-state index in [0.717, 1.165) is 5.69 Å². The fourth-order valence-corrected chi connectivity index (χ4v) is 3.15. The van der Waals surface area contributed by atoms with Crippen molar-refractivity contribution in [2.45, 2.75) is 12.0 Å². The first kappa shape index (κ1) is 15.2. The minimum absolute atomic E-state index is 0.0490. The minimum atomic E-state index is -0.245. The van der Waals surface area contributed by atoms with Gasteiger partial charge in [0.05, 0.1) is 39.5 Å². The highest BCUT2D eigenvalue weighted by molar-refractivity contribution is 6.39. The molecular formula is C13H13Cl2N5O2. The van der Waals surface area contributed by atoms with Gasteiger partial charge >= 0.3 is 0 Å². The summed E-state index contributed by atoms with van der Waals surface area (Å²) in [5.74, 6) is -0.294. The first-order valence-electron chi connectivity index (χ1n) is 6.58. The summed E-state index contributed by atoms with van der Waals surface area (Å²) in [6, 6.07) is 0. The molecule has 9 heteroatoms. The SMILES string of the molecule is CO[C@@H]1CN(C(=O)c2c(Cl)cncc2Cl)C[C@H]1c1cn[nH]n1. The van der Waals surface area contributed by atoms with Crippen LogP contribution in [0.2, 0.25) is 10.0 Å². The van der Waals surface area contributed by atoms with Gasteiger partial charge in [0.25, 0.3) is 5.91 Å². The maximum Gasteiger partial charge on any atom is 0.257 e. The van der Waals surface area contributed by atoms with E-state index in [1.165, 1.54) is 12.4 Å². The molecule has 0 bridgehead atoms. The van der Waals surface area contributed by atoms with Crippen molar-refractivity contribution in [2.24, 2.45) is 0 Å². The molecule has 1 fully saturated rings. The maximum absolute atomic E-state index is 12.7. The first-order valence-corrected chi connectivity index (χ1v) is 7.34. The molecular weight excluding hydrogens is 329 g/mol. The number of ether oxygens (including phenoxy) is 1. The highest BCUT2D eigenvalue weighted by atomic mass is 35.5. The Bertz CT molecular complexity index is 659. The summed E-state index contributed by atoms with van der Waals surface area (Å²) in [6.07, 6.45) is 4.28. The zero-order valence-corrected chi connectivity index (χ0v) is 13.2. The van der Waals surface area contributed by atoms with E-state index in [2.05, 4.69) is 20.4 Å². The van der Waals surface area contributed by atoms with Gasteiger partial charge in [-0.3, -0.25) is 9.78 Å². The monoisotopic (exact) mass is 341 g/mol. The smallest absolute Gasteiger partial charge is 0.257 e. The predicted octanol–water partition coefficient (Wildman–Crippen LogP) is 1.76. The van der Waals surface area contributed by atoms with Crippen LogP contribution in [0.1, 0.15) is 22.0 Å². The molecule has 0 radical (unpaired) electrons. The highest BCUT2D eigenvalue weighted by Gasteiger charge is 2.38. The number of carbonyl (C=O) groups is 1. The van der Waals surface area contributed by atoms with Crippen LogP contribution >= 0.6 is 23.2 Å². The number of H-pyrrole nitrogens is 1. The maximum atomic E-state index is 12.7. The van der Waals surface area contributed by atoms with Gasteiger partial charge in [0, 0.05) is 32.6 Å². The van der Waals surface area contributed by atoms with E-state index in [-0.39, 0.29) is 33.5 Å². The molecule has 7 nitrogen and oxygen atoms in total. The lowest BCUT2D eigenvalue weighted by Crippen LogP contribution is -2.30. The first-order chi connectivity index (χ1) is 10.6. The highest BCUT2D eigenvalue weighted by Crippen LogP contribution is 2.31. The number of pyridine rings is 1. The Labute approximate surface area is 136 Å². The molecule has 0 aliphatic carbocycles. The van der Waals surface area contributed by atoms with E-state index < -0.39 is 0 Å². The van der Waals surface area contributed by atoms with Gasteiger partial charge in [0.2, 0.25) is 0 Å². The molecule has 0 spiro atoms. The second-order valence-corrected chi connectivity index (χ2v) is 5.78. The van der Waals surface area contributed by atoms with Crippen molar-refractivity contribution in [1.29, 1.82) is 0 Å². The molecule has 1 aliphatic heterocycles. The molecule has 22 heavy (non-hydrogen) atoms. The number of rotatable bonds is 3. The summed E-state index contributed by atoms with van der Waals surface area (Å²) in [5.41, 5.74) is 1.02. The summed E-state index contributed by atoms with van der Waals surface area (Å²) in [5, 5.41) is 10.9. The lowest BCUT2D eigenvalue weighted by molar-refractivity contribution is 0.0714. The zero-order chi connectivity index (χ0) is 15.7. The number of nitrogens with zero attached hydrogens (tertiary/aromatic N) is 4. The number of aromatic amines is 1. The molecule has 3 rings (SSSR count). The second kappa shape index (κ2) is 6.20. The summed E-state index contributed by atoms with van der Waals surface area (Å²) in [6.45, 7) is 0.890. The van der Waals surface area contributed by atoms with Crippen molar-refractivity contribution in [3.8, 4) is 0 Å². The fraction of sp³-hybridized carbons (Fsp3) is 0.385. The molecule has 2 atom stereocenters. The predicted molar refractivity (Wildman–Crippen MR) is 80.1 cm³/mol. The van der Waals surface area contributed by atoms with Crippen LogP contribution in [-0.4, -0.2) is 57.5 Å². The van der Waals surface area contributed by atoms with Gasteiger partial charge in [-0.25, -0.2) is 0 Å². The molecule has 2 aromatic heterocycles. The van der Waals surface area contributed by atoms with Gasteiger partial charge in [0.15, 0.2) is 0 Å². The summed E-state index contributed by atoms with van der Waals surface area (Å²) >= 11 is 12.1. The van der Waals surface area contributed by atoms with Crippen molar-refractivity contribution in [2.75, 3.05) is 20.2 Å². The molecule has 1 N–H and O–H groups in total. The van der Waals surface area contributed by atoms with Crippen LogP contribution in [0.15, 0.2) is 18.6 Å². The van der Waals surface area contributed by atoms with Crippen LogP contribution in [0, 0.1) is 0 Å². The molecule has 1 amide bonds. The number of halogens is 2. The van der Waals surface area contributed by atoms with Gasteiger partial charge < -0.3 is 9.64 Å². The van der Waals surface area contributed by atoms with Gasteiger partial charge in [-0.15, -0.1) is 0 Å². The summed E-state index contributed by atoms with van der Waals surface area (Å²) < 4.78 is 5.47. The fourth-order valence-electron chi connectivity index (χ4n) is 2.63. The molecule has 2 aromatic rings. The number of amides is 1. The number of hydrogen-bond donors (Lipinski definition) is 1. The Kier molecular flexibility index (Phi) is 4.28. The van der Waals surface area contributed by atoms with E-state index in [4.69, 9.17) is 27.9 Å². The molecule has 3 heterocycles. The van der Waals surface area contributed by atoms with Gasteiger partial charge in [0.1, 0.15) is 0 Å². The summed E-state index contributed by atoms with van der Waals surface area (Å²) in [4.78, 5) is 18.2. The number of hydrogen-bond acceptors (Lipinski definition) is 5. The number of carbonyl (C=O) groups excluding carboxylic acids is 1. The van der Waals surface area contributed by atoms with Crippen LogP contribution in [-0.2, 0) is 4.74 Å². The second-order valence-electron chi connectivity index (χ2n) is 4.96. The Morgan fingerprint density at radius 2 is 2.05 bits per heavy atom. The average molecular weight is 342 g/mol. The van der Waals surface area contributed by atoms with E-state index >= 15 is 0 Å². The number of likely N-dealkylation sites (tertiary alicyclic amines) is 1. The molecule has 0 saturated carbocycles. The van der Waals surface area contributed by atoms with Crippen LogP contribution < -0.4 is 0 Å². The molecule has 0 aromatic carbocycles. The average Bonchev–Trinajstić information content (AvgIpc) is 3.15. The quantitative estimate of drug-likeness (QED) is 0.919. The van der Waals surface area contributed by atoms with Crippen molar-refractivity contribution in [3.05, 3.63) is 39.9 Å². The van der Waals surface area contributed by atoms with Crippen LogP contribution in [0.5, 0.6) is 0 Å². The topological polar surface area (TPSA) is 84.0 Å². The van der Waals surface area contributed by atoms with E-state index in [1.807, 2.05) is 0 Å². The third-order valence-electron chi connectivity index (χ3n) is 3.74. The van der Waals surface area contributed by atoms with Crippen LogP contribution in [0.3, 0.4) is 0 Å². The van der Waals surface area contributed by atoms with Crippen molar-refractivity contribution in [1.82, 2.24) is 25.3 Å². The Morgan fingerprint density at radius 1 is 1.32 bits per heavy atom. The van der Waals surface area contributed by atoms with E-state index in [1.54, 1.807) is 18.2 Å². The number of methoxy groups -OCH3 is 1. The number of aromatic nitrogens is 4. The third-order valence-corrected chi connectivity index (χ3v) is 4.31. The van der Waals surface area contributed by atoms with Crippen LogP contribution in [0.4, 0.5) is 0 Å². The number of nitrogens with one attached hydrogen (secondary N) is 1. The molecule has 116 valence electrons. The van der Waals surface area contributed by atoms with Gasteiger partial charge in [-0.05, 0) is 0 Å². The Hall–Kier alpha value is -1.70. The largest absolute Gasteiger partial charge is 0.379 e. The van der Waals surface area contributed by atoms with Crippen molar-refractivity contribution >= 4 is 29.1 Å². The van der Waals surface area contributed by atoms with E-state index in [9.17, 15) is 4.79 Å². The molecule has 1 aliphatic rings. The standard InChI is InChI=1S/C13H13Cl2N5O2/c1-22-11-6-20(5-7(11)10-4-17-19-18-10)13(21)12-8(14)2-16-3-9(12)15/h2-4,7,11H,5-6H2,1H3,(H,17,18,19)/t7-,11+/m0/s1. The van der Waals surface area contributed by atoms with E-state index in [0.29, 0.717) is 13.1 Å². The zero-order valence-electron chi connectivity index (χ0n) is 11.7. The van der Waals surface area contributed by atoms with Crippen molar-refractivity contribution < 1.29 is 9.53 Å². The Morgan fingerprint density at radius 3 is 2.64 bits per heavy atom. The normalized spacial score (nSPS) is 21.3. The van der Waals surface area contributed by atoms with Gasteiger partial charge in [-0.2, -0.15) is 15.4 Å². The van der Waals surface area contributed by atoms with Crippen molar-refractivity contribution in [3.63, 3.8) is 0 Å². The third kappa shape index (κ3) is 2.67. The molecule has 1 saturated heterocycles. The minimum Gasteiger partial charge on any atom is -0.379 e. The molecule has 0 unspecified atom stereocenters. The summed E-state index contributed by atoms with van der Waals surface area (Å²) in [7, 11) is 1.61. The lowest BCUT2D eigenvalue weighted by atomic mass is 10.0. The lowest BCUT2D eigenvalue weighted by Gasteiger charge is -2.17. The van der Waals surface area contributed by atoms with Crippen LogP contribution in [0.25, 0.3) is 0 Å². The van der Waals surface area contributed by atoms with Gasteiger partial charge in [-0.1, -0.05) is 23.2 Å².